The molecule has 0 aromatic rings. The molecule has 0 radical (unpaired) electrons. The van der Waals surface area contributed by atoms with Crippen LogP contribution in [0.2, 0.25) is 0 Å². The normalized spacial score (nSPS) is 23.3. The molecule has 0 unspecified atom stereocenters. The molecule has 2 atom stereocenters. The SMILES string of the molecule is C#C/C=C(\C#CC[C@H](O)C1=C([C@H]2C=C(F)C=C(F)C2)S/C(=C/C(O)=C\C=C)C1)OC1CN(CCC)C1. The number of terminal acetylenes is 1. The van der Waals surface area contributed by atoms with Gasteiger partial charge in [0.1, 0.15) is 23.5 Å². The number of hydrogen-bond acceptors (Lipinski definition) is 5. The van der Waals surface area contributed by atoms with Gasteiger partial charge in [0.2, 0.25) is 0 Å². The third kappa shape index (κ3) is 7.77. The van der Waals surface area contributed by atoms with E-state index in [-0.39, 0.29) is 24.7 Å². The Morgan fingerprint density at radius 2 is 2.19 bits per heavy atom. The second-order valence-electron chi connectivity index (χ2n) is 8.76. The van der Waals surface area contributed by atoms with Crippen LogP contribution in [0.4, 0.5) is 8.78 Å². The summed E-state index contributed by atoms with van der Waals surface area (Å²) in [6.07, 6.45) is 14.2. The van der Waals surface area contributed by atoms with Crippen molar-refractivity contribution >= 4 is 11.8 Å². The number of halogens is 2. The molecule has 0 bridgehead atoms. The third-order valence-electron chi connectivity index (χ3n) is 5.81. The van der Waals surface area contributed by atoms with E-state index in [1.54, 1.807) is 6.08 Å². The summed E-state index contributed by atoms with van der Waals surface area (Å²) in [6, 6.07) is 0. The molecule has 1 saturated heterocycles. The third-order valence-corrected chi connectivity index (χ3v) is 7.12. The van der Waals surface area contributed by atoms with Crippen LogP contribution < -0.4 is 0 Å². The number of nitrogens with zero attached hydrogens (tertiary/aromatic N) is 1. The number of hydrogen-bond donors (Lipinski definition) is 2. The van der Waals surface area contributed by atoms with Gasteiger partial charge in [-0.2, -0.15) is 0 Å². The van der Waals surface area contributed by atoms with E-state index in [2.05, 4.69) is 36.2 Å². The van der Waals surface area contributed by atoms with Gasteiger partial charge in [-0.25, -0.2) is 8.78 Å². The Bertz CT molecular complexity index is 1140. The summed E-state index contributed by atoms with van der Waals surface area (Å²) in [7, 11) is 0. The van der Waals surface area contributed by atoms with Crippen molar-refractivity contribution in [3.05, 3.63) is 81.6 Å². The fraction of sp³-hybridized carbons (Fsp3) is 0.379. The van der Waals surface area contributed by atoms with Gasteiger partial charge in [0.05, 0.1) is 6.10 Å². The van der Waals surface area contributed by atoms with Crippen LogP contribution in [0, 0.1) is 30.1 Å². The van der Waals surface area contributed by atoms with E-state index in [4.69, 9.17) is 11.2 Å². The van der Waals surface area contributed by atoms with E-state index < -0.39 is 23.7 Å². The average Bonchev–Trinajstić information content (AvgIpc) is 3.21. The second kappa shape index (κ2) is 13.4. The summed E-state index contributed by atoms with van der Waals surface area (Å²) in [6.45, 7) is 8.37. The van der Waals surface area contributed by atoms with Gasteiger partial charge < -0.3 is 14.9 Å². The van der Waals surface area contributed by atoms with Crippen LogP contribution in [0.3, 0.4) is 0 Å². The highest BCUT2D eigenvalue weighted by molar-refractivity contribution is 8.07. The van der Waals surface area contributed by atoms with Crippen molar-refractivity contribution in [2.45, 2.75) is 44.8 Å². The van der Waals surface area contributed by atoms with Crippen molar-refractivity contribution in [3.63, 3.8) is 0 Å². The highest BCUT2D eigenvalue weighted by atomic mass is 32.2. The van der Waals surface area contributed by atoms with Gasteiger partial charge in [0.25, 0.3) is 0 Å². The lowest BCUT2D eigenvalue weighted by Gasteiger charge is -2.38. The number of aliphatic hydroxyl groups excluding tert-OH is 2. The maximum Gasteiger partial charge on any atom is 0.178 e. The molecule has 2 heterocycles. The largest absolute Gasteiger partial charge is 0.508 e. The monoisotopic (exact) mass is 511 g/mol. The molecule has 190 valence electrons. The van der Waals surface area contributed by atoms with Crippen molar-refractivity contribution < 1.29 is 23.7 Å². The van der Waals surface area contributed by atoms with E-state index in [0.29, 0.717) is 22.7 Å². The fourth-order valence-electron chi connectivity index (χ4n) is 4.22. The van der Waals surface area contributed by atoms with Crippen molar-refractivity contribution in [1.82, 2.24) is 4.90 Å². The van der Waals surface area contributed by atoms with Crippen LogP contribution >= 0.6 is 11.8 Å². The number of likely N-dealkylation sites (tertiary alicyclic amines) is 1. The Balaban J connectivity index is 1.74. The maximum absolute atomic E-state index is 14.0. The zero-order valence-electron chi connectivity index (χ0n) is 20.3. The molecule has 0 aromatic carbocycles. The van der Waals surface area contributed by atoms with Crippen LogP contribution in [-0.4, -0.2) is 47.0 Å². The first-order valence-electron chi connectivity index (χ1n) is 11.9. The molecule has 0 saturated carbocycles. The van der Waals surface area contributed by atoms with Crippen molar-refractivity contribution in [1.29, 1.82) is 0 Å². The smallest absolute Gasteiger partial charge is 0.178 e. The van der Waals surface area contributed by atoms with Crippen LogP contribution in [0.15, 0.2) is 81.6 Å². The molecule has 2 aliphatic heterocycles. The summed E-state index contributed by atoms with van der Waals surface area (Å²) in [4.78, 5) is 3.71. The Kier molecular flexibility index (Phi) is 10.3. The first-order valence-corrected chi connectivity index (χ1v) is 12.7. The number of aliphatic hydroxyl groups is 2. The number of ether oxygens (including phenoxy) is 1. The van der Waals surface area contributed by atoms with Crippen LogP contribution in [-0.2, 0) is 4.74 Å². The molecule has 3 rings (SSSR count). The highest BCUT2D eigenvalue weighted by Crippen LogP contribution is 2.49. The summed E-state index contributed by atoms with van der Waals surface area (Å²) >= 11 is 1.31. The van der Waals surface area contributed by atoms with Gasteiger partial charge in [-0.15, -0.1) is 6.42 Å². The van der Waals surface area contributed by atoms with Gasteiger partial charge in [-0.1, -0.05) is 43.2 Å². The molecule has 1 fully saturated rings. The zero-order chi connectivity index (χ0) is 26.1. The lowest BCUT2D eigenvalue weighted by molar-refractivity contribution is -0.0159. The average molecular weight is 512 g/mol. The Morgan fingerprint density at radius 1 is 1.42 bits per heavy atom. The van der Waals surface area contributed by atoms with Crippen molar-refractivity contribution in [2.24, 2.45) is 5.92 Å². The van der Waals surface area contributed by atoms with Crippen molar-refractivity contribution in [3.8, 4) is 24.2 Å². The highest BCUT2D eigenvalue weighted by Gasteiger charge is 2.31. The van der Waals surface area contributed by atoms with E-state index in [0.717, 1.165) is 37.0 Å². The lowest BCUT2D eigenvalue weighted by Crippen LogP contribution is -2.52. The van der Waals surface area contributed by atoms with E-state index in [1.165, 1.54) is 36.1 Å². The molecule has 0 spiro atoms. The Hall–Kier alpha value is -2.97. The molecule has 4 nitrogen and oxygen atoms in total. The van der Waals surface area contributed by atoms with Gasteiger partial charge in [-0.05, 0) is 52.5 Å². The maximum atomic E-state index is 14.0. The Morgan fingerprint density at radius 3 is 2.86 bits per heavy atom. The van der Waals surface area contributed by atoms with Crippen molar-refractivity contribution in [2.75, 3.05) is 19.6 Å². The fourth-order valence-corrected chi connectivity index (χ4v) is 5.55. The molecule has 0 amide bonds. The van der Waals surface area contributed by atoms with Crippen LogP contribution in [0.1, 0.15) is 32.6 Å². The predicted molar refractivity (Wildman–Crippen MR) is 142 cm³/mol. The summed E-state index contributed by atoms with van der Waals surface area (Å²) in [5.74, 6) is 6.94. The van der Waals surface area contributed by atoms with E-state index in [9.17, 15) is 19.0 Å². The minimum absolute atomic E-state index is 0.00790. The molecule has 7 heteroatoms. The first kappa shape index (κ1) is 27.6. The number of rotatable bonds is 9. The molecule has 36 heavy (non-hydrogen) atoms. The summed E-state index contributed by atoms with van der Waals surface area (Å²) in [5.41, 5.74) is 0.633. The first-order chi connectivity index (χ1) is 17.3. The zero-order valence-corrected chi connectivity index (χ0v) is 21.2. The molecular formula is C29H31F2NO3S. The predicted octanol–water partition coefficient (Wildman–Crippen LogP) is 6.00. The van der Waals surface area contributed by atoms with E-state index >= 15 is 0 Å². The standard InChI is InChI=1S/C29H31F2NO3S/c1-4-8-23(33)16-26-17-27(29(36-26)20-13-21(30)15-22(31)14-20)28(34)11-7-10-24(9-5-2)35-25-18-32(19-25)12-6-3/h2,4,8-9,13,15-16,20,25,28,33-34H,1,6,11-12,14,17-19H2,3H3/b23-8+,24-9+,26-16+/t20-,28-/m0/s1. The van der Waals surface area contributed by atoms with Gasteiger partial charge in [-0.3, -0.25) is 4.90 Å². The molecule has 3 aliphatic rings. The topological polar surface area (TPSA) is 52.9 Å². The van der Waals surface area contributed by atoms with E-state index in [1.807, 2.05) is 0 Å². The summed E-state index contributed by atoms with van der Waals surface area (Å²) in [5, 5.41) is 21.0. The second-order valence-corrected chi connectivity index (χ2v) is 9.92. The lowest BCUT2D eigenvalue weighted by atomic mass is 9.92. The quantitative estimate of drug-likeness (QED) is 0.226. The molecule has 2 N–H and O–H groups in total. The minimum Gasteiger partial charge on any atom is -0.508 e. The van der Waals surface area contributed by atoms with Gasteiger partial charge in [0.15, 0.2) is 5.76 Å². The molecular weight excluding hydrogens is 480 g/mol. The minimum atomic E-state index is -0.960. The Labute approximate surface area is 216 Å². The van der Waals surface area contributed by atoms with Crippen LogP contribution in [0.5, 0.6) is 0 Å². The summed E-state index contributed by atoms with van der Waals surface area (Å²) < 4.78 is 33.8. The van der Waals surface area contributed by atoms with Gasteiger partial charge in [0, 0.05) is 50.4 Å². The van der Waals surface area contributed by atoms with Crippen LogP contribution in [0.25, 0.3) is 0 Å². The molecule has 1 aliphatic carbocycles. The van der Waals surface area contributed by atoms with Gasteiger partial charge >= 0.3 is 0 Å². The molecule has 0 aromatic heterocycles. The number of thioether (sulfide) groups is 1. The number of allylic oxidation sites excluding steroid dienone is 11.